The first-order valence-corrected chi connectivity index (χ1v) is 10.7. The highest BCUT2D eigenvalue weighted by molar-refractivity contribution is 7.80. The zero-order chi connectivity index (χ0) is 23.5. The van der Waals surface area contributed by atoms with Gasteiger partial charge in [0.1, 0.15) is 0 Å². The van der Waals surface area contributed by atoms with Crippen molar-refractivity contribution in [2.45, 2.75) is 13.8 Å². The largest absolute Gasteiger partial charge is 0.465 e. The van der Waals surface area contributed by atoms with Gasteiger partial charge in [0.05, 0.1) is 12.7 Å². The second-order valence-corrected chi connectivity index (χ2v) is 7.25. The molecule has 0 aliphatic heterocycles. The molecule has 32 heavy (non-hydrogen) atoms. The number of rotatable bonds is 9. The Bertz CT molecular complexity index is 959. The predicted molar refractivity (Wildman–Crippen MR) is 128 cm³/mol. The molecule has 0 radical (unpaired) electrons. The number of ether oxygens (including phenoxy) is 1. The number of anilines is 1. The second-order valence-electron chi connectivity index (χ2n) is 6.84. The van der Waals surface area contributed by atoms with E-state index >= 15 is 0 Å². The molecule has 2 aromatic carbocycles. The molecule has 0 unspecified atom stereocenters. The van der Waals surface area contributed by atoms with Gasteiger partial charge in [-0.2, -0.15) is 0 Å². The van der Waals surface area contributed by atoms with Crippen molar-refractivity contribution in [2.24, 2.45) is 0 Å². The third-order valence-corrected chi connectivity index (χ3v) is 4.99. The van der Waals surface area contributed by atoms with Gasteiger partial charge in [-0.05, 0) is 67.8 Å². The summed E-state index contributed by atoms with van der Waals surface area (Å²) in [7, 11) is 1.27. The van der Waals surface area contributed by atoms with Crippen LogP contribution in [0.2, 0.25) is 0 Å². The maximum absolute atomic E-state index is 12.4. The lowest BCUT2D eigenvalue weighted by molar-refractivity contribution is 0.0600. The lowest BCUT2D eigenvalue weighted by Gasteiger charge is -2.18. The van der Waals surface area contributed by atoms with Crippen molar-refractivity contribution in [1.29, 1.82) is 0 Å². The molecule has 0 atom stereocenters. The topological polar surface area (TPSA) is 99.8 Å². The molecule has 2 rings (SSSR count). The van der Waals surface area contributed by atoms with E-state index in [1.54, 1.807) is 42.5 Å². The van der Waals surface area contributed by atoms with Gasteiger partial charge in [-0.1, -0.05) is 19.9 Å². The van der Waals surface area contributed by atoms with Crippen LogP contribution in [0.25, 0.3) is 0 Å². The first-order valence-electron chi connectivity index (χ1n) is 10.3. The summed E-state index contributed by atoms with van der Waals surface area (Å²) < 4.78 is 4.66. The molecule has 170 valence electrons. The molecule has 0 aliphatic rings. The minimum absolute atomic E-state index is 0.0925. The normalized spacial score (nSPS) is 10.4. The maximum atomic E-state index is 12.4. The molecule has 0 fully saturated rings. The minimum atomic E-state index is -0.530. The van der Waals surface area contributed by atoms with E-state index in [9.17, 15) is 14.4 Å². The van der Waals surface area contributed by atoms with E-state index < -0.39 is 11.9 Å². The Balaban J connectivity index is 1.88. The lowest BCUT2D eigenvalue weighted by Crippen LogP contribution is -2.35. The summed E-state index contributed by atoms with van der Waals surface area (Å²) in [6, 6.07) is 12.9. The smallest absolute Gasteiger partial charge is 0.337 e. The summed E-state index contributed by atoms with van der Waals surface area (Å²) in [5.74, 6) is -1.14. The number of thiocarbonyl (C=S) groups is 1. The number of nitrogens with one attached hydrogen (secondary N) is 3. The number of benzene rings is 2. The van der Waals surface area contributed by atoms with Crippen LogP contribution in [0.3, 0.4) is 0 Å². The molecule has 2 aromatic rings. The summed E-state index contributed by atoms with van der Waals surface area (Å²) in [4.78, 5) is 38.5. The van der Waals surface area contributed by atoms with Crippen molar-refractivity contribution in [3.8, 4) is 0 Å². The van der Waals surface area contributed by atoms with Crippen molar-refractivity contribution in [2.75, 3.05) is 38.6 Å². The molecule has 0 spiro atoms. The van der Waals surface area contributed by atoms with Crippen LogP contribution in [0.4, 0.5) is 5.69 Å². The zero-order valence-electron chi connectivity index (χ0n) is 18.4. The van der Waals surface area contributed by atoms with Crippen LogP contribution in [-0.4, -0.2) is 61.1 Å². The van der Waals surface area contributed by atoms with Gasteiger partial charge >= 0.3 is 5.97 Å². The highest BCUT2D eigenvalue weighted by atomic mass is 32.1. The van der Waals surface area contributed by atoms with Crippen LogP contribution in [0, 0.1) is 0 Å². The Labute approximate surface area is 193 Å². The van der Waals surface area contributed by atoms with Gasteiger partial charge in [-0.3, -0.25) is 14.9 Å². The van der Waals surface area contributed by atoms with Crippen molar-refractivity contribution in [3.63, 3.8) is 0 Å². The van der Waals surface area contributed by atoms with Crippen molar-refractivity contribution in [3.05, 3.63) is 65.2 Å². The average Bonchev–Trinajstić information content (AvgIpc) is 2.81. The third kappa shape index (κ3) is 7.44. The Morgan fingerprint density at radius 3 is 2.22 bits per heavy atom. The first kappa shape index (κ1) is 25.0. The number of amides is 2. The lowest BCUT2D eigenvalue weighted by atomic mass is 10.1. The minimum Gasteiger partial charge on any atom is -0.465 e. The number of nitrogens with zero attached hydrogens (tertiary/aromatic N) is 1. The van der Waals surface area contributed by atoms with Gasteiger partial charge < -0.3 is 20.3 Å². The summed E-state index contributed by atoms with van der Waals surface area (Å²) >= 11 is 5.19. The first-order chi connectivity index (χ1) is 15.4. The summed E-state index contributed by atoms with van der Waals surface area (Å²) in [5.41, 5.74) is 1.70. The number of hydrogen-bond donors (Lipinski definition) is 3. The van der Waals surface area contributed by atoms with Crippen LogP contribution in [0.5, 0.6) is 0 Å². The fourth-order valence-corrected chi connectivity index (χ4v) is 3.13. The molecule has 0 aliphatic carbocycles. The Kier molecular flexibility index (Phi) is 9.77. The highest BCUT2D eigenvalue weighted by Gasteiger charge is 2.12. The third-order valence-electron chi connectivity index (χ3n) is 4.79. The Hall–Kier alpha value is -3.30. The standard InChI is InChI=1S/C23H28N4O4S/c1-4-27(5-2)14-13-24-20(28)16-9-11-19(12-10-16)25-23(32)26-21(29)17-7-6-8-18(15-17)22(30)31-3/h6-12,15H,4-5,13-14H2,1-3H3,(H,24,28)(H2,25,26,29,32). The van der Waals surface area contributed by atoms with Crippen LogP contribution in [0.1, 0.15) is 44.9 Å². The van der Waals surface area contributed by atoms with E-state index in [1.807, 2.05) is 0 Å². The molecule has 0 saturated carbocycles. The van der Waals surface area contributed by atoms with Gasteiger partial charge in [0, 0.05) is 29.9 Å². The van der Waals surface area contributed by atoms with E-state index in [2.05, 4.69) is 39.4 Å². The number of esters is 1. The van der Waals surface area contributed by atoms with E-state index in [-0.39, 0.29) is 22.1 Å². The van der Waals surface area contributed by atoms with Crippen LogP contribution in [0.15, 0.2) is 48.5 Å². The van der Waals surface area contributed by atoms with Crippen molar-refractivity contribution in [1.82, 2.24) is 15.5 Å². The number of carbonyl (C=O) groups is 3. The highest BCUT2D eigenvalue weighted by Crippen LogP contribution is 2.10. The molecule has 9 heteroatoms. The molecule has 2 amide bonds. The van der Waals surface area contributed by atoms with Gasteiger partial charge in [0.25, 0.3) is 11.8 Å². The molecule has 0 aromatic heterocycles. The fraction of sp³-hybridized carbons (Fsp3) is 0.304. The van der Waals surface area contributed by atoms with E-state index in [0.717, 1.165) is 19.6 Å². The predicted octanol–water partition coefficient (Wildman–Crippen LogP) is 2.67. The van der Waals surface area contributed by atoms with Gasteiger partial charge in [0.15, 0.2) is 5.11 Å². The molecule has 3 N–H and O–H groups in total. The maximum Gasteiger partial charge on any atom is 0.337 e. The monoisotopic (exact) mass is 456 g/mol. The molecule has 0 bridgehead atoms. The van der Waals surface area contributed by atoms with E-state index in [4.69, 9.17) is 12.2 Å². The quantitative estimate of drug-likeness (QED) is 0.394. The summed E-state index contributed by atoms with van der Waals surface area (Å²) in [6.45, 7) is 7.44. The van der Waals surface area contributed by atoms with Gasteiger partial charge in [0.2, 0.25) is 0 Å². The molecule has 0 saturated heterocycles. The fourth-order valence-electron chi connectivity index (χ4n) is 2.92. The van der Waals surface area contributed by atoms with Crippen molar-refractivity contribution < 1.29 is 19.1 Å². The molecular formula is C23H28N4O4S. The molecular weight excluding hydrogens is 428 g/mol. The number of hydrogen-bond acceptors (Lipinski definition) is 6. The Morgan fingerprint density at radius 1 is 0.938 bits per heavy atom. The summed E-state index contributed by atoms with van der Waals surface area (Å²) in [5, 5.41) is 8.46. The molecule has 0 heterocycles. The van der Waals surface area contributed by atoms with Crippen molar-refractivity contribution >= 4 is 40.8 Å². The molecule has 8 nitrogen and oxygen atoms in total. The number of methoxy groups -OCH3 is 1. The summed E-state index contributed by atoms with van der Waals surface area (Å²) in [6.07, 6.45) is 0. The number of carbonyl (C=O) groups excluding carboxylic acids is 3. The number of likely N-dealkylation sites (N-methyl/N-ethyl adjacent to an activating group) is 1. The van der Waals surface area contributed by atoms with Crippen LogP contribution in [-0.2, 0) is 4.74 Å². The second kappa shape index (κ2) is 12.5. The average molecular weight is 457 g/mol. The van der Waals surface area contributed by atoms with E-state index in [0.29, 0.717) is 17.8 Å². The van der Waals surface area contributed by atoms with Crippen LogP contribution >= 0.6 is 12.2 Å². The SMILES string of the molecule is CCN(CC)CCNC(=O)c1ccc(NC(=S)NC(=O)c2cccc(C(=O)OC)c2)cc1. The Morgan fingerprint density at radius 2 is 1.59 bits per heavy atom. The zero-order valence-corrected chi connectivity index (χ0v) is 19.3. The van der Waals surface area contributed by atoms with Crippen LogP contribution < -0.4 is 16.0 Å². The van der Waals surface area contributed by atoms with Gasteiger partial charge in [-0.15, -0.1) is 0 Å². The van der Waals surface area contributed by atoms with Gasteiger partial charge in [-0.25, -0.2) is 4.79 Å². The van der Waals surface area contributed by atoms with E-state index in [1.165, 1.54) is 13.2 Å².